The highest BCUT2D eigenvalue weighted by Crippen LogP contribution is 2.23. The van der Waals surface area contributed by atoms with Gasteiger partial charge in [-0.25, -0.2) is 5.43 Å². The summed E-state index contributed by atoms with van der Waals surface area (Å²) < 4.78 is 17.2. The van der Waals surface area contributed by atoms with Gasteiger partial charge in [-0.15, -0.1) is 0 Å². The molecule has 0 saturated carbocycles. The predicted molar refractivity (Wildman–Crippen MR) is 120 cm³/mol. The fraction of sp³-hybridized carbons (Fsp3) is 0.130. The average Bonchev–Trinajstić information content (AvgIpc) is 2.78. The van der Waals surface area contributed by atoms with Gasteiger partial charge in [0.15, 0.2) is 0 Å². The molecular weight excluding hydrogens is 448 g/mol. The van der Waals surface area contributed by atoms with Crippen molar-refractivity contribution in [2.24, 2.45) is 5.10 Å². The molecule has 3 aromatic rings. The van der Waals surface area contributed by atoms with Crippen LogP contribution in [0.1, 0.15) is 21.5 Å². The lowest BCUT2D eigenvalue weighted by Crippen LogP contribution is -2.17. The Bertz CT molecular complexity index is 1040. The van der Waals surface area contributed by atoms with Crippen LogP contribution in [0.15, 0.2) is 76.3 Å². The van der Waals surface area contributed by atoms with E-state index < -0.39 is 0 Å². The first-order valence-electron chi connectivity index (χ1n) is 9.12. The van der Waals surface area contributed by atoms with E-state index in [1.54, 1.807) is 38.6 Å². The van der Waals surface area contributed by atoms with Crippen molar-refractivity contribution in [2.45, 2.75) is 6.61 Å². The van der Waals surface area contributed by atoms with Crippen LogP contribution in [0.2, 0.25) is 0 Å². The number of carbonyl (C=O) groups excluding carboxylic acids is 1. The highest BCUT2D eigenvalue weighted by molar-refractivity contribution is 9.10. The van der Waals surface area contributed by atoms with E-state index in [9.17, 15) is 4.79 Å². The third-order valence-corrected chi connectivity index (χ3v) is 4.72. The SMILES string of the molecule is COc1ccc(OCc2cc(/C=N\NC(=O)c3cccc(Br)c3)ccc2OC)cc1. The Hall–Kier alpha value is -3.32. The van der Waals surface area contributed by atoms with Crippen molar-refractivity contribution in [2.75, 3.05) is 14.2 Å². The van der Waals surface area contributed by atoms with Crippen LogP contribution in [0.5, 0.6) is 17.2 Å². The Morgan fingerprint density at radius 1 is 1.00 bits per heavy atom. The maximum atomic E-state index is 12.2. The second-order valence-electron chi connectivity index (χ2n) is 6.24. The number of hydrazone groups is 1. The lowest BCUT2D eigenvalue weighted by molar-refractivity contribution is 0.0955. The fourth-order valence-electron chi connectivity index (χ4n) is 2.68. The molecule has 0 fully saturated rings. The number of amides is 1. The zero-order valence-corrected chi connectivity index (χ0v) is 18.2. The summed E-state index contributed by atoms with van der Waals surface area (Å²) in [5.41, 5.74) is 4.71. The highest BCUT2D eigenvalue weighted by atomic mass is 79.9. The van der Waals surface area contributed by atoms with Gasteiger partial charge in [0, 0.05) is 15.6 Å². The molecule has 7 heteroatoms. The van der Waals surface area contributed by atoms with Crippen LogP contribution in [0.3, 0.4) is 0 Å². The third-order valence-electron chi connectivity index (χ3n) is 4.22. The molecule has 0 bridgehead atoms. The Balaban J connectivity index is 1.65. The summed E-state index contributed by atoms with van der Waals surface area (Å²) in [5.74, 6) is 1.91. The molecular formula is C23H21BrN2O4. The number of carbonyl (C=O) groups is 1. The smallest absolute Gasteiger partial charge is 0.271 e. The first kappa shape index (κ1) is 21.4. The van der Waals surface area contributed by atoms with Crippen molar-refractivity contribution >= 4 is 28.1 Å². The van der Waals surface area contributed by atoms with Gasteiger partial charge in [-0.1, -0.05) is 22.0 Å². The van der Waals surface area contributed by atoms with Gasteiger partial charge in [0.1, 0.15) is 23.9 Å². The molecule has 1 amide bonds. The molecule has 0 aliphatic rings. The van der Waals surface area contributed by atoms with Crippen molar-refractivity contribution in [3.63, 3.8) is 0 Å². The Labute approximate surface area is 183 Å². The number of hydrogen-bond acceptors (Lipinski definition) is 5. The maximum absolute atomic E-state index is 12.2. The Kier molecular flexibility index (Phi) is 7.45. The van der Waals surface area contributed by atoms with Gasteiger partial charge in [-0.05, 0) is 66.2 Å². The summed E-state index contributed by atoms with van der Waals surface area (Å²) in [6.07, 6.45) is 1.58. The number of nitrogens with zero attached hydrogens (tertiary/aromatic N) is 1. The summed E-state index contributed by atoms with van der Waals surface area (Å²) in [6, 6.07) is 20.0. The number of rotatable bonds is 8. The van der Waals surface area contributed by atoms with Gasteiger partial charge in [0.05, 0.1) is 20.4 Å². The van der Waals surface area contributed by atoms with E-state index in [-0.39, 0.29) is 5.91 Å². The molecule has 154 valence electrons. The van der Waals surface area contributed by atoms with Crippen LogP contribution < -0.4 is 19.6 Å². The number of ether oxygens (including phenoxy) is 3. The van der Waals surface area contributed by atoms with E-state index in [1.165, 1.54) is 0 Å². The number of benzene rings is 3. The van der Waals surface area contributed by atoms with Crippen molar-refractivity contribution in [1.29, 1.82) is 0 Å². The largest absolute Gasteiger partial charge is 0.497 e. The molecule has 3 aromatic carbocycles. The molecule has 0 heterocycles. The van der Waals surface area contributed by atoms with Gasteiger partial charge >= 0.3 is 0 Å². The fourth-order valence-corrected chi connectivity index (χ4v) is 3.08. The molecule has 0 radical (unpaired) electrons. The average molecular weight is 469 g/mol. The van der Waals surface area contributed by atoms with Gasteiger partial charge < -0.3 is 14.2 Å². The molecule has 0 saturated heterocycles. The van der Waals surface area contributed by atoms with Crippen LogP contribution in [0.4, 0.5) is 0 Å². The van der Waals surface area contributed by atoms with E-state index >= 15 is 0 Å². The Morgan fingerprint density at radius 3 is 2.47 bits per heavy atom. The minimum atomic E-state index is -0.288. The topological polar surface area (TPSA) is 69.2 Å². The summed E-state index contributed by atoms with van der Waals surface area (Å²) in [5, 5.41) is 4.05. The van der Waals surface area contributed by atoms with Crippen LogP contribution in [0.25, 0.3) is 0 Å². The monoisotopic (exact) mass is 468 g/mol. The minimum absolute atomic E-state index is 0.288. The minimum Gasteiger partial charge on any atom is -0.497 e. The zero-order valence-electron chi connectivity index (χ0n) is 16.6. The standard InChI is InChI=1S/C23H21BrN2O4/c1-28-20-7-9-21(10-8-20)30-15-18-12-16(6-11-22(18)29-2)14-25-26-23(27)17-4-3-5-19(24)13-17/h3-14H,15H2,1-2H3,(H,26,27)/b25-14-. The summed E-state index contributed by atoms with van der Waals surface area (Å²) in [7, 11) is 3.23. The zero-order chi connectivity index (χ0) is 21.3. The number of methoxy groups -OCH3 is 2. The van der Waals surface area contributed by atoms with Gasteiger partial charge in [-0.2, -0.15) is 5.10 Å². The highest BCUT2D eigenvalue weighted by Gasteiger charge is 2.07. The van der Waals surface area contributed by atoms with Crippen LogP contribution in [-0.4, -0.2) is 26.3 Å². The van der Waals surface area contributed by atoms with Gasteiger partial charge in [-0.3, -0.25) is 4.79 Å². The Morgan fingerprint density at radius 2 is 1.77 bits per heavy atom. The molecule has 0 atom stereocenters. The van der Waals surface area contributed by atoms with Gasteiger partial charge in [0.2, 0.25) is 0 Å². The van der Waals surface area contributed by atoms with Crippen molar-refractivity contribution in [3.8, 4) is 17.2 Å². The second kappa shape index (κ2) is 10.5. The molecule has 0 unspecified atom stereocenters. The quantitative estimate of drug-likeness (QED) is 0.380. The first-order valence-corrected chi connectivity index (χ1v) is 9.91. The van der Waals surface area contributed by atoms with Crippen LogP contribution in [-0.2, 0) is 6.61 Å². The van der Waals surface area contributed by atoms with Crippen LogP contribution >= 0.6 is 15.9 Å². The molecule has 0 aliphatic carbocycles. The molecule has 0 aromatic heterocycles. The van der Waals surface area contributed by atoms with Crippen molar-refractivity contribution in [1.82, 2.24) is 5.43 Å². The maximum Gasteiger partial charge on any atom is 0.271 e. The number of halogens is 1. The van der Waals surface area contributed by atoms with E-state index in [4.69, 9.17) is 14.2 Å². The summed E-state index contributed by atoms with van der Waals surface area (Å²) >= 11 is 3.35. The molecule has 0 spiro atoms. The van der Waals surface area contributed by atoms with E-state index in [2.05, 4.69) is 26.5 Å². The number of hydrogen-bond donors (Lipinski definition) is 1. The molecule has 0 aliphatic heterocycles. The normalized spacial score (nSPS) is 10.6. The van der Waals surface area contributed by atoms with Crippen LogP contribution in [0, 0.1) is 0 Å². The molecule has 30 heavy (non-hydrogen) atoms. The van der Waals surface area contributed by atoms with E-state index in [1.807, 2.05) is 48.5 Å². The summed E-state index contributed by atoms with van der Waals surface area (Å²) in [6.45, 7) is 0.321. The molecule has 3 rings (SSSR count). The third kappa shape index (κ3) is 5.84. The number of nitrogens with one attached hydrogen (secondary N) is 1. The van der Waals surface area contributed by atoms with Crippen molar-refractivity contribution in [3.05, 3.63) is 87.9 Å². The van der Waals surface area contributed by atoms with E-state index in [0.717, 1.165) is 27.1 Å². The molecule has 6 nitrogen and oxygen atoms in total. The molecule has 1 N–H and O–H groups in total. The second-order valence-corrected chi connectivity index (χ2v) is 7.16. The lowest BCUT2D eigenvalue weighted by Gasteiger charge is -2.11. The van der Waals surface area contributed by atoms with Gasteiger partial charge in [0.25, 0.3) is 5.91 Å². The lowest BCUT2D eigenvalue weighted by atomic mass is 10.1. The predicted octanol–water partition coefficient (Wildman–Crippen LogP) is 4.81. The first-order chi connectivity index (χ1) is 14.6. The summed E-state index contributed by atoms with van der Waals surface area (Å²) in [4.78, 5) is 12.2. The van der Waals surface area contributed by atoms with Crippen molar-refractivity contribution < 1.29 is 19.0 Å². The van der Waals surface area contributed by atoms with E-state index in [0.29, 0.717) is 17.9 Å².